The zero-order valence-electron chi connectivity index (χ0n) is 18.3. The van der Waals surface area contributed by atoms with E-state index >= 15 is 0 Å². The average molecular weight is 522 g/mol. The fourth-order valence-electron chi connectivity index (χ4n) is 4.73. The van der Waals surface area contributed by atoms with Crippen LogP contribution in [0.2, 0.25) is 0 Å². The number of halogens is 1. The first kappa shape index (κ1) is 22.5. The molecule has 0 radical (unpaired) electrons. The maximum atomic E-state index is 11.1. The van der Waals surface area contributed by atoms with Gasteiger partial charge in [0.05, 0.1) is 22.1 Å². The number of fused-ring (bicyclic) bond motifs is 1. The average Bonchev–Trinajstić information content (AvgIpc) is 3.30. The molecule has 1 atom stereocenters. The highest BCUT2D eigenvalue weighted by molar-refractivity contribution is 9.10. The number of carboxylic acids is 1. The third kappa shape index (κ3) is 4.05. The predicted octanol–water partition coefficient (Wildman–Crippen LogP) is 4.52. The summed E-state index contributed by atoms with van der Waals surface area (Å²) in [6.07, 6.45) is 4.94. The Morgan fingerprint density at radius 2 is 1.79 bits per heavy atom. The third-order valence-electron chi connectivity index (χ3n) is 6.65. The number of aliphatic carboxylic acids is 1. The Bertz CT molecular complexity index is 1330. The standard InChI is InChI=1S/C25H24BrN5O3/c26-20-21(15-6-8-16(9-7-15)22(32)25(33)34)30-24-18(13-29-31(24)23(20)27)17-10-11-19(28-12-17)14-4-2-1-3-5-14/h1-5,10-13,15-16,22,32H,6-9,27H2,(H,33,34)/t15?,16?,22-/m1/s1. The van der Waals surface area contributed by atoms with Crippen LogP contribution in [0.15, 0.2) is 59.3 Å². The van der Waals surface area contributed by atoms with Crippen LogP contribution >= 0.6 is 15.9 Å². The van der Waals surface area contributed by atoms with E-state index in [0.29, 0.717) is 28.8 Å². The fourth-order valence-corrected chi connectivity index (χ4v) is 5.31. The van der Waals surface area contributed by atoms with Crippen molar-refractivity contribution in [2.24, 2.45) is 5.92 Å². The van der Waals surface area contributed by atoms with Gasteiger partial charge in [-0.1, -0.05) is 36.4 Å². The topological polar surface area (TPSA) is 127 Å². The molecule has 0 amide bonds. The van der Waals surface area contributed by atoms with Crippen molar-refractivity contribution in [3.8, 4) is 22.4 Å². The number of carbonyl (C=O) groups is 1. The smallest absolute Gasteiger partial charge is 0.332 e. The first-order valence-corrected chi connectivity index (χ1v) is 12.0. The molecule has 4 N–H and O–H groups in total. The van der Waals surface area contributed by atoms with Crippen LogP contribution in [0.4, 0.5) is 5.82 Å². The number of anilines is 1. The molecule has 1 saturated carbocycles. The lowest BCUT2D eigenvalue weighted by atomic mass is 9.78. The molecular weight excluding hydrogens is 498 g/mol. The second-order valence-electron chi connectivity index (χ2n) is 8.68. The molecule has 8 nitrogen and oxygen atoms in total. The van der Waals surface area contributed by atoms with Gasteiger partial charge in [0.25, 0.3) is 0 Å². The summed E-state index contributed by atoms with van der Waals surface area (Å²) in [4.78, 5) is 20.7. The van der Waals surface area contributed by atoms with Crippen molar-refractivity contribution >= 4 is 33.4 Å². The van der Waals surface area contributed by atoms with E-state index in [1.165, 1.54) is 0 Å². The number of hydrogen-bond acceptors (Lipinski definition) is 6. The molecule has 4 aromatic rings. The summed E-state index contributed by atoms with van der Waals surface area (Å²) in [6, 6.07) is 14.0. The molecule has 1 aromatic carbocycles. The number of carboxylic acid groups (broad SMARTS) is 1. The minimum absolute atomic E-state index is 0.111. The molecule has 9 heteroatoms. The second kappa shape index (κ2) is 9.15. The number of nitrogens with two attached hydrogens (primary N) is 1. The molecule has 0 saturated heterocycles. The highest BCUT2D eigenvalue weighted by Crippen LogP contribution is 2.41. The lowest BCUT2D eigenvalue weighted by molar-refractivity contribution is -0.150. The van der Waals surface area contributed by atoms with Crippen LogP contribution < -0.4 is 5.73 Å². The Balaban J connectivity index is 1.46. The van der Waals surface area contributed by atoms with E-state index in [4.69, 9.17) is 15.8 Å². The number of aromatic nitrogens is 4. The van der Waals surface area contributed by atoms with Gasteiger partial charge in [-0.05, 0) is 53.6 Å². The van der Waals surface area contributed by atoms with Crippen LogP contribution in [-0.4, -0.2) is 41.9 Å². The van der Waals surface area contributed by atoms with Gasteiger partial charge in [0.15, 0.2) is 11.8 Å². The number of nitrogens with zero attached hydrogens (tertiary/aromatic N) is 4. The zero-order chi connectivity index (χ0) is 23.8. The van der Waals surface area contributed by atoms with Crippen molar-refractivity contribution in [3.05, 3.63) is 65.0 Å². The maximum absolute atomic E-state index is 11.1. The van der Waals surface area contributed by atoms with Crippen LogP contribution in [0.3, 0.4) is 0 Å². The van der Waals surface area contributed by atoms with Crippen molar-refractivity contribution in [1.82, 2.24) is 19.6 Å². The van der Waals surface area contributed by atoms with E-state index < -0.39 is 12.1 Å². The van der Waals surface area contributed by atoms with E-state index in [1.54, 1.807) is 10.7 Å². The summed E-state index contributed by atoms with van der Waals surface area (Å²) in [5.74, 6) is -0.828. The number of pyridine rings is 1. The van der Waals surface area contributed by atoms with Gasteiger partial charge < -0.3 is 15.9 Å². The molecule has 0 unspecified atom stereocenters. The Kier molecular flexibility index (Phi) is 6.05. The summed E-state index contributed by atoms with van der Waals surface area (Å²) < 4.78 is 2.32. The van der Waals surface area contributed by atoms with Crippen molar-refractivity contribution in [3.63, 3.8) is 0 Å². The molecule has 3 heterocycles. The van der Waals surface area contributed by atoms with Crippen LogP contribution in [0, 0.1) is 5.92 Å². The van der Waals surface area contributed by atoms with E-state index in [-0.39, 0.29) is 11.8 Å². The van der Waals surface area contributed by atoms with Gasteiger partial charge in [-0.2, -0.15) is 9.61 Å². The molecule has 174 valence electrons. The number of rotatable bonds is 5. The second-order valence-corrected chi connectivity index (χ2v) is 9.48. The van der Waals surface area contributed by atoms with E-state index in [0.717, 1.165) is 40.9 Å². The molecule has 0 aliphatic heterocycles. The summed E-state index contributed by atoms with van der Waals surface area (Å²) in [5, 5.41) is 23.5. The molecule has 3 aromatic heterocycles. The summed E-state index contributed by atoms with van der Waals surface area (Å²) in [5.41, 5.74) is 11.6. The van der Waals surface area contributed by atoms with Crippen molar-refractivity contribution < 1.29 is 15.0 Å². The maximum Gasteiger partial charge on any atom is 0.332 e. The van der Waals surface area contributed by atoms with Crippen molar-refractivity contribution in [2.75, 3.05) is 5.73 Å². The zero-order valence-corrected chi connectivity index (χ0v) is 19.9. The monoisotopic (exact) mass is 521 g/mol. The molecule has 34 heavy (non-hydrogen) atoms. The number of aliphatic hydroxyl groups is 1. The lowest BCUT2D eigenvalue weighted by Gasteiger charge is -2.30. The Morgan fingerprint density at radius 1 is 1.06 bits per heavy atom. The van der Waals surface area contributed by atoms with Gasteiger partial charge in [0, 0.05) is 28.8 Å². The number of benzene rings is 1. The van der Waals surface area contributed by atoms with Crippen molar-refractivity contribution in [1.29, 1.82) is 0 Å². The minimum Gasteiger partial charge on any atom is -0.479 e. The van der Waals surface area contributed by atoms with Gasteiger partial charge in [-0.15, -0.1) is 0 Å². The van der Waals surface area contributed by atoms with Gasteiger partial charge in [-0.25, -0.2) is 9.78 Å². The highest BCUT2D eigenvalue weighted by Gasteiger charge is 2.33. The normalized spacial score (nSPS) is 19.2. The van der Waals surface area contributed by atoms with Crippen LogP contribution in [0.25, 0.3) is 28.0 Å². The van der Waals surface area contributed by atoms with Crippen LogP contribution in [0.5, 0.6) is 0 Å². The lowest BCUT2D eigenvalue weighted by Crippen LogP contribution is -2.32. The first-order valence-electron chi connectivity index (χ1n) is 11.2. The fraction of sp³-hybridized carbons (Fsp3) is 0.280. The number of aliphatic hydroxyl groups excluding tert-OH is 1. The highest BCUT2D eigenvalue weighted by atomic mass is 79.9. The molecule has 0 spiro atoms. The molecule has 0 bridgehead atoms. The van der Waals surface area contributed by atoms with E-state index in [1.807, 2.05) is 48.7 Å². The quantitative estimate of drug-likeness (QED) is 0.352. The molecule has 1 fully saturated rings. The Morgan fingerprint density at radius 3 is 2.44 bits per heavy atom. The minimum atomic E-state index is -1.32. The van der Waals surface area contributed by atoms with Gasteiger partial charge in [0.2, 0.25) is 0 Å². The van der Waals surface area contributed by atoms with Crippen LogP contribution in [-0.2, 0) is 4.79 Å². The SMILES string of the molecule is Nc1c(Br)c(C2CCC([C@@H](O)C(=O)O)CC2)nc2c(-c3ccc(-c4ccccc4)nc3)cnn12. The molecule has 1 aliphatic carbocycles. The Labute approximate surface area is 204 Å². The molecule has 1 aliphatic rings. The van der Waals surface area contributed by atoms with Gasteiger partial charge in [-0.3, -0.25) is 4.98 Å². The van der Waals surface area contributed by atoms with Crippen molar-refractivity contribution in [2.45, 2.75) is 37.7 Å². The Hall–Kier alpha value is -3.30. The summed E-state index contributed by atoms with van der Waals surface area (Å²) >= 11 is 3.60. The largest absolute Gasteiger partial charge is 0.479 e. The van der Waals surface area contributed by atoms with E-state index in [9.17, 15) is 9.90 Å². The first-order chi connectivity index (χ1) is 16.4. The van der Waals surface area contributed by atoms with Gasteiger partial charge >= 0.3 is 5.97 Å². The van der Waals surface area contributed by atoms with E-state index in [2.05, 4.69) is 26.0 Å². The molecule has 5 rings (SSSR count). The van der Waals surface area contributed by atoms with Gasteiger partial charge in [0.1, 0.15) is 5.82 Å². The summed E-state index contributed by atoms with van der Waals surface area (Å²) in [6.45, 7) is 0. The predicted molar refractivity (Wildman–Crippen MR) is 132 cm³/mol. The molecular formula is C25H24BrN5O3. The summed E-state index contributed by atoms with van der Waals surface area (Å²) in [7, 11) is 0. The van der Waals surface area contributed by atoms with Crippen LogP contribution in [0.1, 0.15) is 37.3 Å². The number of nitrogen functional groups attached to an aromatic ring is 1. The third-order valence-corrected chi connectivity index (χ3v) is 7.46. The number of hydrogen-bond donors (Lipinski definition) is 3.